The van der Waals surface area contributed by atoms with E-state index in [0.717, 1.165) is 29.4 Å². The lowest BCUT2D eigenvalue weighted by atomic mass is 10.2. The van der Waals surface area contributed by atoms with Gasteiger partial charge in [0.05, 0.1) is 6.10 Å². The van der Waals surface area contributed by atoms with E-state index < -0.39 is 0 Å². The van der Waals surface area contributed by atoms with Gasteiger partial charge in [0.1, 0.15) is 5.01 Å². The Kier molecular flexibility index (Phi) is 3.75. The van der Waals surface area contributed by atoms with Gasteiger partial charge in [-0.1, -0.05) is 41.7 Å². The van der Waals surface area contributed by atoms with Crippen LogP contribution in [0, 0.1) is 5.92 Å². The minimum absolute atomic E-state index is 0.249. The van der Waals surface area contributed by atoms with E-state index in [-0.39, 0.29) is 6.10 Å². The summed E-state index contributed by atoms with van der Waals surface area (Å²) in [6, 6.07) is 10.2. The fourth-order valence-corrected chi connectivity index (χ4v) is 2.79. The van der Waals surface area contributed by atoms with Crippen molar-refractivity contribution < 1.29 is 5.11 Å². The molecule has 0 spiro atoms. The molecular weight excluding hydrogens is 258 g/mol. The number of aromatic nitrogens is 2. The van der Waals surface area contributed by atoms with Crippen LogP contribution in [0.5, 0.6) is 0 Å². The van der Waals surface area contributed by atoms with Gasteiger partial charge in [0.15, 0.2) is 0 Å². The van der Waals surface area contributed by atoms with Crippen molar-refractivity contribution in [3.63, 3.8) is 0 Å². The van der Waals surface area contributed by atoms with Crippen molar-refractivity contribution in [2.24, 2.45) is 5.92 Å². The highest BCUT2D eigenvalue weighted by Crippen LogP contribution is 2.32. The summed E-state index contributed by atoms with van der Waals surface area (Å²) in [5, 5.41) is 23.0. The van der Waals surface area contributed by atoms with Crippen LogP contribution in [0.2, 0.25) is 0 Å². The molecule has 2 aromatic rings. The summed E-state index contributed by atoms with van der Waals surface area (Å²) in [6.45, 7) is 0.574. The second-order valence-electron chi connectivity index (χ2n) is 4.95. The molecule has 4 nitrogen and oxygen atoms in total. The molecule has 0 radical (unpaired) electrons. The number of hydrogen-bond acceptors (Lipinski definition) is 5. The first-order valence-corrected chi connectivity index (χ1v) is 7.41. The third kappa shape index (κ3) is 3.52. The van der Waals surface area contributed by atoms with Crippen LogP contribution >= 0.6 is 11.3 Å². The molecule has 1 aromatic carbocycles. The van der Waals surface area contributed by atoms with Crippen LogP contribution in [0.1, 0.15) is 23.4 Å². The van der Waals surface area contributed by atoms with E-state index >= 15 is 0 Å². The van der Waals surface area contributed by atoms with Crippen molar-refractivity contribution in [3.8, 4) is 0 Å². The van der Waals surface area contributed by atoms with Crippen LogP contribution in [0.4, 0.5) is 5.13 Å². The minimum atomic E-state index is -0.249. The van der Waals surface area contributed by atoms with E-state index in [1.165, 1.54) is 5.56 Å². The summed E-state index contributed by atoms with van der Waals surface area (Å²) < 4.78 is 0. The zero-order valence-corrected chi connectivity index (χ0v) is 11.4. The Morgan fingerprint density at radius 2 is 2.05 bits per heavy atom. The van der Waals surface area contributed by atoms with Crippen molar-refractivity contribution in [2.45, 2.75) is 25.4 Å². The Balaban J connectivity index is 1.54. The highest BCUT2D eigenvalue weighted by atomic mass is 32.1. The van der Waals surface area contributed by atoms with Crippen LogP contribution in [-0.4, -0.2) is 28.0 Å². The summed E-state index contributed by atoms with van der Waals surface area (Å²) >= 11 is 1.56. The molecule has 0 saturated heterocycles. The van der Waals surface area contributed by atoms with Gasteiger partial charge >= 0.3 is 0 Å². The SMILES string of the molecule is OC(CNc1nnc(Cc2ccccc2)s1)C1CC1. The quantitative estimate of drug-likeness (QED) is 0.849. The van der Waals surface area contributed by atoms with Gasteiger partial charge in [0.2, 0.25) is 5.13 Å². The van der Waals surface area contributed by atoms with Gasteiger partial charge in [-0.25, -0.2) is 0 Å². The van der Waals surface area contributed by atoms with Gasteiger partial charge in [-0.3, -0.25) is 0 Å². The van der Waals surface area contributed by atoms with Crippen LogP contribution < -0.4 is 5.32 Å². The normalized spacial score (nSPS) is 16.3. The third-order valence-corrected chi connectivity index (χ3v) is 4.17. The highest BCUT2D eigenvalue weighted by Gasteiger charge is 2.29. The summed E-state index contributed by atoms with van der Waals surface area (Å²) in [7, 11) is 0. The molecular formula is C14H17N3OS. The van der Waals surface area contributed by atoms with Gasteiger partial charge in [0.25, 0.3) is 0 Å². The predicted octanol–water partition coefficient (Wildman–Crippen LogP) is 2.31. The summed E-state index contributed by atoms with van der Waals surface area (Å²) in [4.78, 5) is 0. The monoisotopic (exact) mass is 275 g/mol. The molecule has 19 heavy (non-hydrogen) atoms. The predicted molar refractivity (Wildman–Crippen MR) is 76.4 cm³/mol. The standard InChI is InChI=1S/C14H17N3OS/c18-12(11-6-7-11)9-15-14-17-16-13(19-14)8-10-4-2-1-3-5-10/h1-5,11-12,18H,6-9H2,(H,15,17). The smallest absolute Gasteiger partial charge is 0.205 e. The maximum Gasteiger partial charge on any atom is 0.205 e. The van der Waals surface area contributed by atoms with Gasteiger partial charge in [0, 0.05) is 13.0 Å². The first-order chi connectivity index (χ1) is 9.31. The summed E-state index contributed by atoms with van der Waals surface area (Å²) in [6.07, 6.45) is 2.86. The molecule has 5 heteroatoms. The lowest BCUT2D eigenvalue weighted by Gasteiger charge is -2.08. The topological polar surface area (TPSA) is 58.0 Å². The van der Waals surface area contributed by atoms with E-state index in [4.69, 9.17) is 0 Å². The lowest BCUT2D eigenvalue weighted by Crippen LogP contribution is -2.21. The highest BCUT2D eigenvalue weighted by molar-refractivity contribution is 7.15. The Bertz CT molecular complexity index is 524. The van der Waals surface area contributed by atoms with Gasteiger partial charge in [-0.15, -0.1) is 10.2 Å². The molecule has 1 aromatic heterocycles. The number of hydrogen-bond donors (Lipinski definition) is 2. The molecule has 3 rings (SSSR count). The molecule has 100 valence electrons. The average Bonchev–Trinajstić information content (AvgIpc) is 3.19. The Morgan fingerprint density at radius 1 is 1.26 bits per heavy atom. The van der Waals surface area contributed by atoms with Crippen LogP contribution in [0.15, 0.2) is 30.3 Å². The Hall–Kier alpha value is -1.46. The fraction of sp³-hybridized carbons (Fsp3) is 0.429. The molecule has 1 heterocycles. The lowest BCUT2D eigenvalue weighted by molar-refractivity contribution is 0.164. The molecule has 0 amide bonds. The van der Waals surface area contributed by atoms with E-state index in [1.807, 2.05) is 18.2 Å². The van der Waals surface area contributed by atoms with Crippen LogP contribution in [0.3, 0.4) is 0 Å². The third-order valence-electron chi connectivity index (χ3n) is 3.29. The largest absolute Gasteiger partial charge is 0.391 e. The first-order valence-electron chi connectivity index (χ1n) is 6.59. The minimum Gasteiger partial charge on any atom is -0.391 e. The number of rotatable bonds is 6. The molecule has 1 saturated carbocycles. The van der Waals surface area contributed by atoms with Gasteiger partial charge in [-0.2, -0.15) is 0 Å². The number of aliphatic hydroxyl groups is 1. The first kappa shape index (κ1) is 12.6. The van der Waals surface area contributed by atoms with Gasteiger partial charge in [-0.05, 0) is 24.3 Å². The molecule has 1 fully saturated rings. The van der Waals surface area contributed by atoms with Crippen molar-refractivity contribution in [3.05, 3.63) is 40.9 Å². The maximum atomic E-state index is 9.79. The van der Waals surface area contributed by atoms with E-state index in [1.54, 1.807) is 11.3 Å². The number of aliphatic hydroxyl groups excluding tert-OH is 1. The van der Waals surface area contributed by atoms with Crippen molar-refractivity contribution in [1.29, 1.82) is 0 Å². The number of nitrogens with zero attached hydrogens (tertiary/aromatic N) is 2. The second-order valence-corrected chi connectivity index (χ2v) is 6.01. The average molecular weight is 275 g/mol. The van der Waals surface area contributed by atoms with Crippen molar-refractivity contribution >= 4 is 16.5 Å². The zero-order valence-electron chi connectivity index (χ0n) is 10.6. The number of anilines is 1. The second kappa shape index (κ2) is 5.67. The molecule has 1 aliphatic carbocycles. The van der Waals surface area contributed by atoms with E-state index in [0.29, 0.717) is 12.5 Å². The van der Waals surface area contributed by atoms with Crippen molar-refractivity contribution in [1.82, 2.24) is 10.2 Å². The zero-order chi connectivity index (χ0) is 13.1. The number of nitrogens with one attached hydrogen (secondary N) is 1. The number of benzene rings is 1. The van der Waals surface area contributed by atoms with Crippen LogP contribution in [0.25, 0.3) is 0 Å². The maximum absolute atomic E-state index is 9.79. The summed E-state index contributed by atoms with van der Waals surface area (Å²) in [5.74, 6) is 0.490. The molecule has 1 unspecified atom stereocenters. The van der Waals surface area contributed by atoms with E-state index in [9.17, 15) is 5.11 Å². The van der Waals surface area contributed by atoms with Gasteiger partial charge < -0.3 is 10.4 Å². The van der Waals surface area contributed by atoms with E-state index in [2.05, 4.69) is 27.6 Å². The molecule has 0 bridgehead atoms. The van der Waals surface area contributed by atoms with Crippen molar-refractivity contribution in [2.75, 3.05) is 11.9 Å². The Morgan fingerprint density at radius 3 is 2.79 bits per heavy atom. The Labute approximate surface area is 116 Å². The molecule has 2 N–H and O–H groups in total. The molecule has 1 atom stereocenters. The molecule has 0 aliphatic heterocycles. The fourth-order valence-electron chi connectivity index (χ4n) is 2.01. The van der Waals surface area contributed by atoms with Crippen LogP contribution in [-0.2, 0) is 6.42 Å². The molecule has 1 aliphatic rings. The summed E-state index contributed by atoms with van der Waals surface area (Å²) in [5.41, 5.74) is 1.24.